The number of carboxylic acid groups (broad SMARTS) is 1. The molecule has 1 N–H and O–H groups in total. The predicted octanol–water partition coefficient (Wildman–Crippen LogP) is 1.78. The number of ether oxygens (including phenoxy) is 1. The van der Waals surface area contributed by atoms with E-state index in [0.717, 1.165) is 16.5 Å². The van der Waals surface area contributed by atoms with E-state index in [1.807, 2.05) is 31.2 Å². The largest absolute Gasteiger partial charge is 0.479 e. The first-order valence-electron chi connectivity index (χ1n) is 7.47. The fourth-order valence-corrected chi connectivity index (χ4v) is 2.74. The van der Waals surface area contributed by atoms with Crippen molar-refractivity contribution >= 4 is 22.8 Å². The third-order valence-corrected chi connectivity index (χ3v) is 4.02. The van der Waals surface area contributed by atoms with Crippen molar-refractivity contribution in [2.45, 2.75) is 20.0 Å². The lowest BCUT2D eigenvalue weighted by Gasteiger charge is -2.31. The molecule has 1 aromatic heterocycles. The van der Waals surface area contributed by atoms with Gasteiger partial charge in [0.25, 0.3) is 5.91 Å². The molecule has 1 aliphatic rings. The van der Waals surface area contributed by atoms with E-state index in [0.29, 0.717) is 17.8 Å². The number of nitrogens with zero attached hydrogens (tertiary/aromatic N) is 2. The molecule has 1 aromatic carbocycles. The summed E-state index contributed by atoms with van der Waals surface area (Å²) in [6.07, 6.45) is -0.968. The second kappa shape index (κ2) is 5.96. The molecule has 0 saturated carbocycles. The van der Waals surface area contributed by atoms with Crippen molar-refractivity contribution in [1.82, 2.24) is 9.88 Å². The minimum atomic E-state index is -1.05. The maximum Gasteiger partial charge on any atom is 0.334 e. The Kier molecular flexibility index (Phi) is 4.00. The van der Waals surface area contributed by atoms with E-state index in [9.17, 15) is 9.59 Å². The van der Waals surface area contributed by atoms with Gasteiger partial charge in [-0.1, -0.05) is 12.1 Å². The molecule has 2 heterocycles. The number of carbonyl (C=O) groups excluding carboxylic acids is 1. The lowest BCUT2D eigenvalue weighted by Crippen LogP contribution is -2.48. The maximum absolute atomic E-state index is 12.7. The normalized spacial score (nSPS) is 18.2. The molecule has 1 atom stereocenters. The molecule has 1 amide bonds. The number of aromatic nitrogens is 1. The zero-order chi connectivity index (χ0) is 16.6. The Hall–Kier alpha value is -2.47. The quantitative estimate of drug-likeness (QED) is 0.914. The molecule has 1 saturated heterocycles. The Balaban J connectivity index is 1.92. The highest BCUT2D eigenvalue weighted by Gasteiger charge is 2.30. The van der Waals surface area contributed by atoms with Crippen LogP contribution in [0.25, 0.3) is 10.9 Å². The summed E-state index contributed by atoms with van der Waals surface area (Å²) in [6, 6.07) is 7.71. The minimum absolute atomic E-state index is 0.0551. The van der Waals surface area contributed by atoms with Crippen LogP contribution in [0.15, 0.2) is 24.3 Å². The van der Waals surface area contributed by atoms with Gasteiger partial charge in [-0.2, -0.15) is 0 Å². The summed E-state index contributed by atoms with van der Waals surface area (Å²) in [5, 5.41) is 9.95. The average Bonchev–Trinajstić information content (AvgIpc) is 2.53. The second-order valence-electron chi connectivity index (χ2n) is 5.77. The van der Waals surface area contributed by atoms with Gasteiger partial charge >= 0.3 is 5.97 Å². The third kappa shape index (κ3) is 3.03. The molecule has 1 fully saturated rings. The molecule has 0 radical (unpaired) electrons. The van der Waals surface area contributed by atoms with E-state index in [2.05, 4.69) is 4.98 Å². The summed E-state index contributed by atoms with van der Waals surface area (Å²) in [5.74, 6) is -1.25. The fourth-order valence-electron chi connectivity index (χ4n) is 2.74. The summed E-state index contributed by atoms with van der Waals surface area (Å²) in [7, 11) is 0. The van der Waals surface area contributed by atoms with Crippen molar-refractivity contribution in [1.29, 1.82) is 0 Å². The number of amides is 1. The van der Waals surface area contributed by atoms with E-state index in [1.54, 1.807) is 6.92 Å². The lowest BCUT2D eigenvalue weighted by molar-refractivity contribution is -0.154. The van der Waals surface area contributed by atoms with Crippen LogP contribution in [0.3, 0.4) is 0 Å². The van der Waals surface area contributed by atoms with Gasteiger partial charge in [-0.05, 0) is 31.5 Å². The number of aryl methyl sites for hydroxylation is 2. The standard InChI is InChI=1S/C17H18N2O4/c1-10-3-4-12-8-13(11(2)18-14(12)7-10)16(20)19-5-6-23-15(9-19)17(21)22/h3-4,7-8,15H,5-6,9H2,1-2H3,(H,21,22)/t15-/m0/s1. The number of rotatable bonds is 2. The molecule has 2 aromatic rings. The molecular weight excluding hydrogens is 296 g/mol. The lowest BCUT2D eigenvalue weighted by atomic mass is 10.1. The molecule has 0 unspecified atom stereocenters. The predicted molar refractivity (Wildman–Crippen MR) is 84.5 cm³/mol. The first-order valence-corrected chi connectivity index (χ1v) is 7.47. The molecule has 3 rings (SSSR count). The van der Waals surface area contributed by atoms with Crippen LogP contribution in [0, 0.1) is 13.8 Å². The highest BCUT2D eigenvalue weighted by Crippen LogP contribution is 2.20. The first kappa shape index (κ1) is 15.4. The monoisotopic (exact) mass is 314 g/mol. The number of fused-ring (bicyclic) bond motifs is 1. The van der Waals surface area contributed by atoms with Crippen molar-refractivity contribution in [2.24, 2.45) is 0 Å². The highest BCUT2D eigenvalue weighted by molar-refractivity contribution is 5.99. The number of morpholine rings is 1. The van der Waals surface area contributed by atoms with Crippen LogP contribution in [0.4, 0.5) is 0 Å². The number of carbonyl (C=O) groups is 2. The summed E-state index contributed by atoms with van der Waals surface area (Å²) in [6.45, 7) is 4.45. The Bertz CT molecular complexity index is 788. The van der Waals surface area contributed by atoms with Crippen LogP contribution in [0.1, 0.15) is 21.6 Å². The summed E-state index contributed by atoms with van der Waals surface area (Å²) >= 11 is 0. The molecule has 6 heteroatoms. The SMILES string of the molecule is Cc1ccc2cc(C(=O)N3CCO[C@H](C(=O)O)C3)c(C)nc2c1. The molecule has 0 spiro atoms. The number of benzene rings is 1. The minimum Gasteiger partial charge on any atom is -0.479 e. The molecule has 0 bridgehead atoms. The Morgan fingerprint density at radius 3 is 2.83 bits per heavy atom. The maximum atomic E-state index is 12.7. The molecule has 0 aliphatic carbocycles. The molecule has 23 heavy (non-hydrogen) atoms. The van der Waals surface area contributed by atoms with Gasteiger partial charge < -0.3 is 14.7 Å². The van der Waals surface area contributed by atoms with E-state index in [1.165, 1.54) is 4.90 Å². The number of carboxylic acids is 1. The van der Waals surface area contributed by atoms with Crippen LogP contribution in [0.5, 0.6) is 0 Å². The molecular formula is C17H18N2O4. The second-order valence-corrected chi connectivity index (χ2v) is 5.77. The summed E-state index contributed by atoms with van der Waals surface area (Å²) in [5.41, 5.74) is 3.12. The van der Waals surface area contributed by atoms with Gasteiger partial charge in [0.1, 0.15) is 0 Å². The fraction of sp³-hybridized carbons (Fsp3) is 0.353. The van der Waals surface area contributed by atoms with Crippen molar-refractivity contribution in [3.05, 3.63) is 41.1 Å². The Labute approximate surface area is 133 Å². The van der Waals surface area contributed by atoms with Gasteiger partial charge in [0, 0.05) is 11.9 Å². The van der Waals surface area contributed by atoms with Gasteiger partial charge in [-0.3, -0.25) is 9.78 Å². The van der Waals surface area contributed by atoms with Crippen LogP contribution in [-0.2, 0) is 9.53 Å². The van der Waals surface area contributed by atoms with Gasteiger partial charge in [-0.15, -0.1) is 0 Å². The van der Waals surface area contributed by atoms with Crippen molar-refractivity contribution in [2.75, 3.05) is 19.7 Å². The Morgan fingerprint density at radius 1 is 1.30 bits per heavy atom. The first-order chi connectivity index (χ1) is 11.0. The van der Waals surface area contributed by atoms with E-state index >= 15 is 0 Å². The average molecular weight is 314 g/mol. The van der Waals surface area contributed by atoms with Gasteiger partial charge in [-0.25, -0.2) is 4.79 Å². The van der Waals surface area contributed by atoms with Crippen LogP contribution in [-0.4, -0.2) is 52.7 Å². The van der Waals surface area contributed by atoms with Gasteiger partial charge in [0.2, 0.25) is 0 Å². The number of hydrogen-bond acceptors (Lipinski definition) is 4. The third-order valence-electron chi connectivity index (χ3n) is 4.02. The Morgan fingerprint density at radius 2 is 2.09 bits per heavy atom. The highest BCUT2D eigenvalue weighted by atomic mass is 16.5. The van der Waals surface area contributed by atoms with Crippen molar-refractivity contribution < 1.29 is 19.4 Å². The van der Waals surface area contributed by atoms with Gasteiger partial charge in [0.15, 0.2) is 6.10 Å². The van der Waals surface area contributed by atoms with E-state index < -0.39 is 12.1 Å². The van der Waals surface area contributed by atoms with Crippen LogP contribution in [0.2, 0.25) is 0 Å². The summed E-state index contributed by atoms with van der Waals surface area (Å²) < 4.78 is 5.16. The van der Waals surface area contributed by atoms with Crippen LogP contribution < -0.4 is 0 Å². The zero-order valence-corrected chi connectivity index (χ0v) is 13.1. The number of hydrogen-bond donors (Lipinski definition) is 1. The van der Waals surface area contributed by atoms with Crippen LogP contribution >= 0.6 is 0 Å². The number of pyridine rings is 1. The molecule has 6 nitrogen and oxygen atoms in total. The smallest absolute Gasteiger partial charge is 0.334 e. The summed E-state index contributed by atoms with van der Waals surface area (Å²) in [4.78, 5) is 29.8. The zero-order valence-electron chi connectivity index (χ0n) is 13.1. The molecule has 1 aliphatic heterocycles. The van der Waals surface area contributed by atoms with Crippen molar-refractivity contribution in [3.63, 3.8) is 0 Å². The number of aliphatic carboxylic acids is 1. The van der Waals surface area contributed by atoms with E-state index in [4.69, 9.17) is 9.84 Å². The van der Waals surface area contributed by atoms with Gasteiger partial charge in [0.05, 0.1) is 29.9 Å². The van der Waals surface area contributed by atoms with E-state index in [-0.39, 0.29) is 19.1 Å². The van der Waals surface area contributed by atoms with Crippen molar-refractivity contribution in [3.8, 4) is 0 Å². The molecule has 120 valence electrons. The topological polar surface area (TPSA) is 79.7 Å².